The lowest BCUT2D eigenvalue weighted by Gasteiger charge is -2.40. The lowest BCUT2D eigenvalue weighted by Crippen LogP contribution is -2.54. The van der Waals surface area contributed by atoms with Gasteiger partial charge < -0.3 is 24.8 Å². The second-order valence-corrected chi connectivity index (χ2v) is 5.80. The predicted molar refractivity (Wildman–Crippen MR) is 79.2 cm³/mol. The van der Waals surface area contributed by atoms with Crippen LogP contribution in [0.3, 0.4) is 0 Å². The Kier molecular flexibility index (Phi) is 3.41. The number of hydrogen-bond donors (Lipinski definition) is 2. The molecule has 2 N–H and O–H groups in total. The summed E-state index contributed by atoms with van der Waals surface area (Å²) in [5.74, 6) is 1.34. The van der Waals surface area contributed by atoms with E-state index in [-0.39, 0.29) is 12.5 Å². The van der Waals surface area contributed by atoms with Gasteiger partial charge in [0.2, 0.25) is 0 Å². The van der Waals surface area contributed by atoms with Gasteiger partial charge in [-0.05, 0) is 20.3 Å². The summed E-state index contributed by atoms with van der Waals surface area (Å²) in [7, 11) is 0. The molecule has 0 aliphatic carbocycles. The highest BCUT2D eigenvalue weighted by molar-refractivity contribution is 6.07. The molecule has 0 bridgehead atoms. The summed E-state index contributed by atoms with van der Waals surface area (Å²) in [6, 6.07) is 3.71. The fourth-order valence-electron chi connectivity index (χ4n) is 2.69. The fraction of sp³-hybridized carbons (Fsp3) is 0.533. The second kappa shape index (κ2) is 5.11. The van der Waals surface area contributed by atoms with Crippen molar-refractivity contribution in [3.05, 3.63) is 12.1 Å². The smallest absolute Gasteiger partial charge is 0.252 e. The van der Waals surface area contributed by atoms with Gasteiger partial charge in [-0.25, -0.2) is 0 Å². The molecule has 0 saturated carbocycles. The lowest BCUT2D eigenvalue weighted by molar-refractivity contribution is -0.122. The van der Waals surface area contributed by atoms with Crippen molar-refractivity contribution in [1.29, 1.82) is 0 Å². The predicted octanol–water partition coefficient (Wildman–Crippen LogP) is 1.38. The highest BCUT2D eigenvalue weighted by Gasteiger charge is 2.39. The van der Waals surface area contributed by atoms with Gasteiger partial charge in [-0.2, -0.15) is 0 Å². The maximum Gasteiger partial charge on any atom is 0.252 e. The number of amides is 1. The maximum atomic E-state index is 12.6. The van der Waals surface area contributed by atoms with E-state index in [1.807, 2.05) is 26.0 Å². The van der Waals surface area contributed by atoms with E-state index in [1.54, 1.807) is 4.90 Å². The van der Waals surface area contributed by atoms with E-state index in [0.29, 0.717) is 37.7 Å². The number of aliphatic hydroxyl groups is 1. The summed E-state index contributed by atoms with van der Waals surface area (Å²) in [4.78, 5) is 14.3. The van der Waals surface area contributed by atoms with Crippen molar-refractivity contribution in [2.45, 2.75) is 25.8 Å². The zero-order valence-electron chi connectivity index (χ0n) is 12.3. The number of nitrogens with zero attached hydrogens (tertiary/aromatic N) is 1. The summed E-state index contributed by atoms with van der Waals surface area (Å²) < 4.78 is 11.2. The molecule has 1 aromatic rings. The molecule has 6 heteroatoms. The van der Waals surface area contributed by atoms with Gasteiger partial charge in [-0.1, -0.05) is 0 Å². The minimum Gasteiger partial charge on any atom is -0.486 e. The van der Waals surface area contributed by atoms with E-state index < -0.39 is 5.54 Å². The Morgan fingerprint density at radius 2 is 1.95 bits per heavy atom. The molecule has 114 valence electrons. The van der Waals surface area contributed by atoms with Gasteiger partial charge in [0.15, 0.2) is 11.5 Å². The van der Waals surface area contributed by atoms with Crippen LogP contribution in [0.15, 0.2) is 12.1 Å². The normalized spacial score (nSPS) is 19.0. The van der Waals surface area contributed by atoms with Crippen LogP contribution in [0.5, 0.6) is 11.5 Å². The average molecular weight is 292 g/mol. The van der Waals surface area contributed by atoms with Crippen molar-refractivity contribution in [3.63, 3.8) is 0 Å². The minimum absolute atomic E-state index is 0.0138. The van der Waals surface area contributed by atoms with Crippen molar-refractivity contribution in [2.75, 3.05) is 36.6 Å². The van der Waals surface area contributed by atoms with E-state index in [9.17, 15) is 4.79 Å². The number of rotatable bonds is 3. The van der Waals surface area contributed by atoms with Crippen molar-refractivity contribution in [2.24, 2.45) is 0 Å². The Balaban J connectivity index is 2.04. The Bertz CT molecular complexity index is 571. The monoisotopic (exact) mass is 292 g/mol. The first-order chi connectivity index (χ1) is 10.0. The molecule has 2 aliphatic rings. The molecule has 1 aromatic carbocycles. The Labute approximate surface area is 123 Å². The van der Waals surface area contributed by atoms with Crippen LogP contribution in [-0.4, -0.2) is 42.9 Å². The van der Waals surface area contributed by atoms with E-state index in [2.05, 4.69) is 5.32 Å². The molecule has 6 nitrogen and oxygen atoms in total. The number of carbonyl (C=O) groups is 1. The van der Waals surface area contributed by atoms with Crippen LogP contribution in [0, 0.1) is 0 Å². The van der Waals surface area contributed by atoms with Gasteiger partial charge in [0.1, 0.15) is 18.8 Å². The zero-order valence-corrected chi connectivity index (χ0v) is 12.3. The number of nitrogens with one attached hydrogen (secondary N) is 1. The Morgan fingerprint density at radius 1 is 1.29 bits per heavy atom. The molecule has 0 radical (unpaired) electrons. The SMILES string of the molecule is CC1(C)Nc2cc3c(cc2N(CCCO)C1=O)OCCO3. The van der Waals surface area contributed by atoms with E-state index in [0.717, 1.165) is 11.4 Å². The number of fused-ring (bicyclic) bond motifs is 2. The molecule has 0 saturated heterocycles. The van der Waals surface area contributed by atoms with Crippen molar-refractivity contribution in [1.82, 2.24) is 0 Å². The topological polar surface area (TPSA) is 71.0 Å². The third-order valence-electron chi connectivity index (χ3n) is 3.72. The van der Waals surface area contributed by atoms with Gasteiger partial charge in [-0.15, -0.1) is 0 Å². The molecule has 1 amide bonds. The fourth-order valence-corrected chi connectivity index (χ4v) is 2.69. The van der Waals surface area contributed by atoms with E-state index in [4.69, 9.17) is 14.6 Å². The van der Waals surface area contributed by atoms with Gasteiger partial charge in [0.05, 0.1) is 11.4 Å². The third kappa shape index (κ3) is 2.40. The number of benzene rings is 1. The average Bonchev–Trinajstić information content (AvgIpc) is 2.46. The largest absolute Gasteiger partial charge is 0.486 e. The minimum atomic E-state index is -0.688. The van der Waals surface area contributed by atoms with Crippen LogP contribution in [0.25, 0.3) is 0 Å². The molecule has 3 rings (SSSR count). The van der Waals surface area contributed by atoms with Gasteiger partial charge in [0.25, 0.3) is 5.91 Å². The number of ether oxygens (including phenoxy) is 2. The van der Waals surface area contributed by atoms with Crippen LogP contribution in [0.2, 0.25) is 0 Å². The summed E-state index contributed by atoms with van der Waals surface area (Å²) in [5.41, 5.74) is 0.936. The summed E-state index contributed by atoms with van der Waals surface area (Å²) in [6.45, 7) is 5.27. The number of anilines is 2. The van der Waals surface area contributed by atoms with Gasteiger partial charge in [0, 0.05) is 25.3 Å². The van der Waals surface area contributed by atoms with Crippen molar-refractivity contribution >= 4 is 17.3 Å². The first-order valence-corrected chi connectivity index (χ1v) is 7.17. The molecule has 0 fully saturated rings. The first kappa shape index (κ1) is 14.0. The van der Waals surface area contributed by atoms with Crippen LogP contribution in [0.1, 0.15) is 20.3 Å². The summed E-state index contributed by atoms with van der Waals surface area (Å²) in [6.07, 6.45) is 0.537. The Hall–Kier alpha value is -1.95. The first-order valence-electron chi connectivity index (χ1n) is 7.17. The third-order valence-corrected chi connectivity index (χ3v) is 3.72. The van der Waals surface area contributed by atoms with E-state index >= 15 is 0 Å². The second-order valence-electron chi connectivity index (χ2n) is 5.80. The van der Waals surface area contributed by atoms with Crippen LogP contribution in [-0.2, 0) is 4.79 Å². The standard InChI is InChI=1S/C15H20N2O4/c1-15(2)14(19)17(4-3-5-18)11-9-13-12(8-10(11)16-15)20-6-7-21-13/h8-9,16,18H,3-7H2,1-2H3. The van der Waals surface area contributed by atoms with Crippen LogP contribution in [0.4, 0.5) is 11.4 Å². The highest BCUT2D eigenvalue weighted by Crippen LogP contribution is 2.43. The Morgan fingerprint density at radius 3 is 2.62 bits per heavy atom. The molecule has 0 spiro atoms. The summed E-state index contributed by atoms with van der Waals surface area (Å²) >= 11 is 0. The molecule has 2 aliphatic heterocycles. The molecular formula is C15H20N2O4. The molecule has 0 aromatic heterocycles. The van der Waals surface area contributed by atoms with Gasteiger partial charge >= 0.3 is 0 Å². The molecule has 0 unspecified atom stereocenters. The number of hydrogen-bond acceptors (Lipinski definition) is 5. The van der Waals surface area contributed by atoms with E-state index in [1.165, 1.54) is 0 Å². The summed E-state index contributed by atoms with van der Waals surface area (Å²) in [5, 5.41) is 12.3. The lowest BCUT2D eigenvalue weighted by atomic mass is 9.97. The molecule has 2 heterocycles. The molecular weight excluding hydrogens is 272 g/mol. The molecule has 21 heavy (non-hydrogen) atoms. The quantitative estimate of drug-likeness (QED) is 0.880. The van der Waals surface area contributed by atoms with Crippen molar-refractivity contribution < 1.29 is 19.4 Å². The number of carbonyl (C=O) groups excluding carboxylic acids is 1. The zero-order chi connectivity index (χ0) is 15.0. The molecule has 0 atom stereocenters. The maximum absolute atomic E-state index is 12.6. The van der Waals surface area contributed by atoms with Crippen molar-refractivity contribution in [3.8, 4) is 11.5 Å². The van der Waals surface area contributed by atoms with Crippen LogP contribution >= 0.6 is 0 Å². The van der Waals surface area contributed by atoms with Crippen LogP contribution < -0.4 is 19.7 Å². The number of aliphatic hydroxyl groups excluding tert-OH is 1. The highest BCUT2D eigenvalue weighted by atomic mass is 16.6. The van der Waals surface area contributed by atoms with Gasteiger partial charge in [-0.3, -0.25) is 4.79 Å².